The fraction of sp³-hybridized carbons (Fsp3) is 0.909. The molecule has 1 aliphatic heterocycles. The third-order valence-corrected chi connectivity index (χ3v) is 6.38. The van der Waals surface area contributed by atoms with E-state index in [9.17, 15) is 14.7 Å². The SMILES string of the molecule is CC(C)(C)OC(=O)N1C[C@@H](O)C[C@@H]1C(=O)N(C1CCCCC1)C1CCCCC1. The lowest BCUT2D eigenvalue weighted by atomic mass is 9.88. The number of amides is 2. The molecule has 3 rings (SSSR count). The highest BCUT2D eigenvalue weighted by atomic mass is 16.6. The van der Waals surface area contributed by atoms with Crippen molar-refractivity contribution in [1.82, 2.24) is 9.80 Å². The summed E-state index contributed by atoms with van der Waals surface area (Å²) in [6.45, 7) is 5.65. The lowest BCUT2D eigenvalue weighted by Crippen LogP contribution is -2.56. The largest absolute Gasteiger partial charge is 0.444 e. The van der Waals surface area contributed by atoms with Crippen molar-refractivity contribution in [1.29, 1.82) is 0 Å². The molecule has 2 amide bonds. The summed E-state index contributed by atoms with van der Waals surface area (Å²) in [5.41, 5.74) is -0.620. The van der Waals surface area contributed by atoms with Crippen LogP contribution < -0.4 is 0 Å². The molecule has 160 valence electrons. The third-order valence-electron chi connectivity index (χ3n) is 6.38. The van der Waals surface area contributed by atoms with E-state index in [1.54, 1.807) is 0 Å². The van der Waals surface area contributed by atoms with E-state index in [0.717, 1.165) is 25.7 Å². The number of hydrogen-bond donors (Lipinski definition) is 1. The highest BCUT2D eigenvalue weighted by Gasteiger charge is 2.45. The van der Waals surface area contributed by atoms with Gasteiger partial charge in [0.2, 0.25) is 5.91 Å². The molecule has 0 unspecified atom stereocenters. The summed E-state index contributed by atoms with van der Waals surface area (Å²) in [4.78, 5) is 30.1. The Labute approximate surface area is 169 Å². The maximum Gasteiger partial charge on any atom is 0.411 e. The van der Waals surface area contributed by atoms with Gasteiger partial charge >= 0.3 is 6.09 Å². The van der Waals surface area contributed by atoms with E-state index in [0.29, 0.717) is 6.42 Å². The molecule has 2 atom stereocenters. The van der Waals surface area contributed by atoms with Crippen LogP contribution in [0.2, 0.25) is 0 Å². The van der Waals surface area contributed by atoms with Crippen LogP contribution in [0.3, 0.4) is 0 Å². The lowest BCUT2D eigenvalue weighted by Gasteiger charge is -2.43. The molecule has 2 saturated carbocycles. The van der Waals surface area contributed by atoms with Crippen LogP contribution in [0.25, 0.3) is 0 Å². The number of β-amino-alcohol motifs (C(OH)–C–C–N with tert-alkyl or cyclic N) is 1. The monoisotopic (exact) mass is 394 g/mol. The molecule has 3 fully saturated rings. The van der Waals surface area contributed by atoms with E-state index >= 15 is 0 Å². The van der Waals surface area contributed by atoms with Crippen LogP contribution in [0.4, 0.5) is 4.79 Å². The summed E-state index contributed by atoms with van der Waals surface area (Å²) < 4.78 is 5.53. The van der Waals surface area contributed by atoms with Crippen LogP contribution in [-0.4, -0.2) is 63.3 Å². The zero-order valence-electron chi connectivity index (χ0n) is 17.9. The highest BCUT2D eigenvalue weighted by molar-refractivity contribution is 5.87. The molecule has 0 aromatic rings. The predicted molar refractivity (Wildman–Crippen MR) is 108 cm³/mol. The van der Waals surface area contributed by atoms with Gasteiger partial charge < -0.3 is 14.7 Å². The Morgan fingerprint density at radius 1 is 0.929 bits per heavy atom. The molecule has 28 heavy (non-hydrogen) atoms. The van der Waals surface area contributed by atoms with Crippen LogP contribution in [0, 0.1) is 0 Å². The molecule has 0 aromatic carbocycles. The first-order valence-electron chi connectivity index (χ1n) is 11.3. The van der Waals surface area contributed by atoms with Gasteiger partial charge in [0.15, 0.2) is 0 Å². The second kappa shape index (κ2) is 9.02. The number of ether oxygens (including phenoxy) is 1. The van der Waals surface area contributed by atoms with Crippen molar-refractivity contribution in [3.8, 4) is 0 Å². The van der Waals surface area contributed by atoms with E-state index in [4.69, 9.17) is 4.74 Å². The van der Waals surface area contributed by atoms with Gasteiger partial charge in [-0.15, -0.1) is 0 Å². The van der Waals surface area contributed by atoms with Crippen LogP contribution in [0.1, 0.15) is 91.4 Å². The molecule has 1 N–H and O–H groups in total. The van der Waals surface area contributed by atoms with Crippen LogP contribution in [-0.2, 0) is 9.53 Å². The lowest BCUT2D eigenvalue weighted by molar-refractivity contribution is -0.143. The van der Waals surface area contributed by atoms with Gasteiger partial charge in [-0.2, -0.15) is 0 Å². The molecule has 3 aliphatic rings. The number of aliphatic hydroxyl groups excluding tert-OH is 1. The highest BCUT2D eigenvalue weighted by Crippen LogP contribution is 2.33. The minimum absolute atomic E-state index is 0.0289. The molecule has 0 spiro atoms. The quantitative estimate of drug-likeness (QED) is 0.789. The van der Waals surface area contributed by atoms with Crippen molar-refractivity contribution in [2.75, 3.05) is 6.54 Å². The fourth-order valence-corrected chi connectivity index (χ4v) is 5.12. The smallest absolute Gasteiger partial charge is 0.411 e. The molecule has 2 aliphatic carbocycles. The topological polar surface area (TPSA) is 70.1 Å². The minimum Gasteiger partial charge on any atom is -0.444 e. The molecular formula is C22H38N2O4. The number of likely N-dealkylation sites (tertiary alicyclic amines) is 1. The molecule has 0 aromatic heterocycles. The van der Waals surface area contributed by atoms with Crippen LogP contribution in [0.15, 0.2) is 0 Å². The number of hydrogen-bond acceptors (Lipinski definition) is 4. The summed E-state index contributed by atoms with van der Waals surface area (Å²) >= 11 is 0. The fourth-order valence-electron chi connectivity index (χ4n) is 5.12. The van der Waals surface area contributed by atoms with Crippen molar-refractivity contribution >= 4 is 12.0 Å². The van der Waals surface area contributed by atoms with Gasteiger partial charge in [-0.25, -0.2) is 4.79 Å². The van der Waals surface area contributed by atoms with Gasteiger partial charge in [0.05, 0.1) is 12.6 Å². The zero-order chi connectivity index (χ0) is 20.3. The summed E-state index contributed by atoms with van der Waals surface area (Å²) in [6.07, 6.45) is 10.6. The van der Waals surface area contributed by atoms with Gasteiger partial charge in [-0.1, -0.05) is 38.5 Å². The van der Waals surface area contributed by atoms with E-state index in [1.807, 2.05) is 20.8 Å². The van der Waals surface area contributed by atoms with E-state index in [1.165, 1.54) is 43.4 Å². The first kappa shape index (κ1) is 21.4. The predicted octanol–water partition coefficient (Wildman–Crippen LogP) is 3.85. The van der Waals surface area contributed by atoms with Gasteiger partial charge in [-0.05, 0) is 46.5 Å². The van der Waals surface area contributed by atoms with E-state index in [-0.39, 0.29) is 24.5 Å². The summed E-state index contributed by atoms with van der Waals surface area (Å²) in [6, 6.07) is -0.0427. The van der Waals surface area contributed by atoms with Crippen LogP contribution in [0.5, 0.6) is 0 Å². The van der Waals surface area contributed by atoms with Gasteiger partial charge in [0.25, 0.3) is 0 Å². The maximum atomic E-state index is 13.7. The average molecular weight is 395 g/mol. The number of carbonyl (C=O) groups excluding carboxylic acids is 2. The molecule has 1 heterocycles. The first-order valence-corrected chi connectivity index (χ1v) is 11.3. The third kappa shape index (κ3) is 5.19. The van der Waals surface area contributed by atoms with Crippen molar-refractivity contribution < 1.29 is 19.4 Å². The maximum absolute atomic E-state index is 13.7. The Kier molecular flexibility index (Phi) is 6.89. The van der Waals surface area contributed by atoms with Gasteiger partial charge in [0, 0.05) is 18.5 Å². The van der Waals surface area contributed by atoms with E-state index < -0.39 is 23.8 Å². The average Bonchev–Trinajstić information content (AvgIpc) is 3.04. The summed E-state index contributed by atoms with van der Waals surface area (Å²) in [5, 5.41) is 10.2. The van der Waals surface area contributed by atoms with Crippen molar-refractivity contribution in [2.45, 2.75) is 121 Å². The van der Waals surface area contributed by atoms with E-state index in [2.05, 4.69) is 4.90 Å². The van der Waals surface area contributed by atoms with Crippen molar-refractivity contribution in [3.63, 3.8) is 0 Å². The Hall–Kier alpha value is -1.30. The first-order chi connectivity index (χ1) is 13.3. The van der Waals surface area contributed by atoms with Crippen molar-refractivity contribution in [3.05, 3.63) is 0 Å². The Bertz CT molecular complexity index is 529. The number of nitrogens with zero attached hydrogens (tertiary/aromatic N) is 2. The molecular weight excluding hydrogens is 356 g/mol. The Morgan fingerprint density at radius 2 is 1.43 bits per heavy atom. The molecule has 0 bridgehead atoms. The minimum atomic E-state index is -0.666. The van der Waals surface area contributed by atoms with Crippen molar-refractivity contribution in [2.24, 2.45) is 0 Å². The van der Waals surface area contributed by atoms with Gasteiger partial charge in [-0.3, -0.25) is 9.69 Å². The standard InChI is InChI=1S/C22H38N2O4/c1-22(2,3)28-21(27)23-15-18(25)14-19(23)20(26)24(16-10-6-4-7-11-16)17-12-8-5-9-13-17/h16-19,25H,4-15H2,1-3H3/t18-,19+/m0/s1. The summed E-state index contributed by atoms with van der Waals surface area (Å²) in [7, 11) is 0. The summed E-state index contributed by atoms with van der Waals surface area (Å²) in [5.74, 6) is 0.0289. The molecule has 6 heteroatoms. The number of rotatable bonds is 3. The number of carbonyl (C=O) groups is 2. The second-order valence-corrected chi connectivity index (χ2v) is 9.87. The second-order valence-electron chi connectivity index (χ2n) is 9.87. The number of aliphatic hydroxyl groups is 1. The van der Waals surface area contributed by atoms with Crippen LogP contribution >= 0.6 is 0 Å². The molecule has 1 saturated heterocycles. The Balaban J connectivity index is 1.79. The van der Waals surface area contributed by atoms with Gasteiger partial charge in [0.1, 0.15) is 11.6 Å². The zero-order valence-corrected chi connectivity index (χ0v) is 17.9. The normalized spacial score (nSPS) is 27.6. The molecule has 6 nitrogen and oxygen atoms in total. The molecule has 0 radical (unpaired) electrons. The Morgan fingerprint density at radius 3 is 1.89 bits per heavy atom.